The summed E-state index contributed by atoms with van der Waals surface area (Å²) in [5, 5.41) is 5.23. The summed E-state index contributed by atoms with van der Waals surface area (Å²) in [5.41, 5.74) is 2.81. The van der Waals surface area contributed by atoms with E-state index < -0.39 is 0 Å². The van der Waals surface area contributed by atoms with Crippen molar-refractivity contribution in [1.29, 1.82) is 0 Å². The first-order valence-corrected chi connectivity index (χ1v) is 9.67. The molecule has 134 valence electrons. The zero-order valence-corrected chi connectivity index (χ0v) is 16.7. The fraction of sp³-hybridized carbons (Fsp3) is 0.222. The normalized spacial score (nSPS) is 10.7. The van der Waals surface area contributed by atoms with Crippen LogP contribution in [-0.2, 0) is 11.2 Å². The molecule has 6 nitrogen and oxygen atoms in total. The minimum absolute atomic E-state index is 0.180. The van der Waals surface area contributed by atoms with Gasteiger partial charge in [-0.1, -0.05) is 28.1 Å². The molecule has 0 aliphatic heterocycles. The van der Waals surface area contributed by atoms with Crippen molar-refractivity contribution in [2.45, 2.75) is 26.7 Å². The predicted molar refractivity (Wildman–Crippen MR) is 107 cm³/mol. The molecule has 2 heterocycles. The monoisotopic (exact) mass is 432 g/mol. The second-order valence-electron chi connectivity index (χ2n) is 5.81. The summed E-state index contributed by atoms with van der Waals surface area (Å²) < 4.78 is 1.00. The average Bonchev–Trinajstić information content (AvgIpc) is 3.03. The van der Waals surface area contributed by atoms with Crippen molar-refractivity contribution in [3.8, 4) is 11.3 Å². The highest BCUT2D eigenvalue weighted by atomic mass is 79.9. The Morgan fingerprint density at radius 1 is 1.23 bits per heavy atom. The van der Waals surface area contributed by atoms with Crippen LogP contribution in [0.4, 0.5) is 5.13 Å². The van der Waals surface area contributed by atoms with Crippen LogP contribution in [0.25, 0.3) is 11.3 Å². The zero-order chi connectivity index (χ0) is 18.7. The average molecular weight is 433 g/mol. The molecule has 0 saturated carbocycles. The van der Waals surface area contributed by atoms with Crippen LogP contribution in [0.1, 0.15) is 23.5 Å². The molecular weight excluding hydrogens is 416 g/mol. The maximum atomic E-state index is 12.2. The van der Waals surface area contributed by atoms with Gasteiger partial charge in [0.05, 0.1) is 5.69 Å². The molecule has 0 aliphatic rings. The number of amides is 1. The van der Waals surface area contributed by atoms with Gasteiger partial charge < -0.3 is 10.3 Å². The molecule has 2 aromatic heterocycles. The minimum Gasteiger partial charge on any atom is -0.311 e. The standard InChI is InChI=1S/C18H17BrN4O2S/c1-10-14(17(25)21-11(2)20-10)7-8-16(24)23-18-22-15(9-26-18)12-3-5-13(19)6-4-12/h3-6,9H,7-8H2,1-2H3,(H,20,21,25)(H,22,23,24). The second kappa shape index (κ2) is 7.92. The number of aromatic nitrogens is 3. The van der Waals surface area contributed by atoms with Crippen molar-refractivity contribution in [2.24, 2.45) is 0 Å². The van der Waals surface area contributed by atoms with E-state index in [1.54, 1.807) is 13.8 Å². The number of carbonyl (C=O) groups excluding carboxylic acids is 1. The van der Waals surface area contributed by atoms with E-state index >= 15 is 0 Å². The zero-order valence-electron chi connectivity index (χ0n) is 14.3. The molecule has 0 atom stereocenters. The van der Waals surface area contributed by atoms with Gasteiger partial charge in [-0.3, -0.25) is 9.59 Å². The first-order chi connectivity index (χ1) is 12.4. The SMILES string of the molecule is Cc1nc(C)c(CCC(=O)Nc2nc(-c3ccc(Br)cc3)cs2)c(=O)[nH]1. The number of aryl methyl sites for hydroxylation is 2. The lowest BCUT2D eigenvalue weighted by molar-refractivity contribution is -0.116. The van der Waals surface area contributed by atoms with E-state index in [2.05, 4.69) is 36.2 Å². The predicted octanol–water partition coefficient (Wildman–Crippen LogP) is 3.84. The Morgan fingerprint density at radius 2 is 1.96 bits per heavy atom. The summed E-state index contributed by atoms with van der Waals surface area (Å²) in [6.07, 6.45) is 0.535. The van der Waals surface area contributed by atoms with Gasteiger partial charge in [-0.25, -0.2) is 9.97 Å². The maximum Gasteiger partial charge on any atom is 0.254 e. The van der Waals surface area contributed by atoms with E-state index in [0.29, 0.717) is 28.6 Å². The van der Waals surface area contributed by atoms with Crippen molar-refractivity contribution in [1.82, 2.24) is 15.0 Å². The van der Waals surface area contributed by atoms with Crippen LogP contribution in [-0.4, -0.2) is 20.9 Å². The van der Waals surface area contributed by atoms with Crippen LogP contribution in [0.3, 0.4) is 0 Å². The number of nitrogens with one attached hydrogen (secondary N) is 2. The van der Waals surface area contributed by atoms with Gasteiger partial charge in [0.25, 0.3) is 5.56 Å². The van der Waals surface area contributed by atoms with Crippen molar-refractivity contribution >= 4 is 38.3 Å². The van der Waals surface area contributed by atoms with Crippen LogP contribution < -0.4 is 10.9 Å². The Hall–Kier alpha value is -2.32. The van der Waals surface area contributed by atoms with E-state index in [0.717, 1.165) is 15.7 Å². The molecule has 1 aromatic carbocycles. The van der Waals surface area contributed by atoms with Crippen molar-refractivity contribution < 1.29 is 4.79 Å². The van der Waals surface area contributed by atoms with Gasteiger partial charge in [0, 0.05) is 33.1 Å². The molecule has 3 aromatic rings. The second-order valence-corrected chi connectivity index (χ2v) is 7.58. The number of anilines is 1. The summed E-state index contributed by atoms with van der Waals surface area (Å²) in [6, 6.07) is 7.82. The Morgan fingerprint density at radius 3 is 2.65 bits per heavy atom. The summed E-state index contributed by atoms with van der Waals surface area (Å²) in [5.74, 6) is 0.394. The summed E-state index contributed by atoms with van der Waals surface area (Å²) in [6.45, 7) is 3.51. The van der Waals surface area contributed by atoms with Crippen LogP contribution in [0.2, 0.25) is 0 Å². The number of hydrogen-bond acceptors (Lipinski definition) is 5. The number of H-pyrrole nitrogens is 1. The van der Waals surface area contributed by atoms with E-state index in [4.69, 9.17) is 0 Å². The van der Waals surface area contributed by atoms with Crippen LogP contribution in [0.15, 0.2) is 38.9 Å². The third kappa shape index (κ3) is 4.44. The number of halogens is 1. The van der Waals surface area contributed by atoms with Crippen molar-refractivity contribution in [3.63, 3.8) is 0 Å². The molecule has 0 unspecified atom stereocenters. The molecule has 0 spiro atoms. The molecule has 0 aliphatic carbocycles. The summed E-state index contributed by atoms with van der Waals surface area (Å²) in [7, 11) is 0. The first-order valence-electron chi connectivity index (χ1n) is 8.00. The van der Waals surface area contributed by atoms with Gasteiger partial charge in [-0.15, -0.1) is 11.3 Å². The van der Waals surface area contributed by atoms with Gasteiger partial charge in [0.1, 0.15) is 5.82 Å². The molecular formula is C18H17BrN4O2S. The van der Waals surface area contributed by atoms with Gasteiger partial charge in [-0.2, -0.15) is 0 Å². The molecule has 0 bridgehead atoms. The van der Waals surface area contributed by atoms with E-state index in [9.17, 15) is 9.59 Å². The molecule has 0 fully saturated rings. The summed E-state index contributed by atoms with van der Waals surface area (Å²) >= 11 is 4.77. The molecule has 26 heavy (non-hydrogen) atoms. The van der Waals surface area contributed by atoms with E-state index in [1.165, 1.54) is 11.3 Å². The highest BCUT2D eigenvalue weighted by Crippen LogP contribution is 2.26. The first kappa shape index (κ1) is 18.5. The minimum atomic E-state index is -0.186. The van der Waals surface area contributed by atoms with Crippen LogP contribution in [0.5, 0.6) is 0 Å². The fourth-order valence-electron chi connectivity index (χ4n) is 2.55. The number of thiazole rings is 1. The Bertz CT molecular complexity index is 995. The maximum absolute atomic E-state index is 12.2. The Labute approximate surface area is 162 Å². The van der Waals surface area contributed by atoms with E-state index in [1.807, 2.05) is 29.6 Å². The van der Waals surface area contributed by atoms with Crippen molar-refractivity contribution in [3.05, 3.63) is 61.6 Å². The molecule has 0 saturated heterocycles. The Kier molecular flexibility index (Phi) is 5.63. The fourth-order valence-corrected chi connectivity index (χ4v) is 3.55. The number of nitrogens with zero attached hydrogens (tertiary/aromatic N) is 2. The number of benzene rings is 1. The van der Waals surface area contributed by atoms with Gasteiger partial charge in [0.2, 0.25) is 5.91 Å². The number of rotatable bonds is 5. The number of aromatic amines is 1. The molecule has 0 radical (unpaired) electrons. The molecule has 2 N–H and O–H groups in total. The van der Waals surface area contributed by atoms with Crippen molar-refractivity contribution in [2.75, 3.05) is 5.32 Å². The van der Waals surface area contributed by atoms with Gasteiger partial charge in [0.15, 0.2) is 5.13 Å². The number of carbonyl (C=O) groups is 1. The van der Waals surface area contributed by atoms with Gasteiger partial charge in [-0.05, 0) is 32.4 Å². The quantitative estimate of drug-likeness (QED) is 0.640. The lowest BCUT2D eigenvalue weighted by atomic mass is 10.1. The largest absolute Gasteiger partial charge is 0.311 e. The summed E-state index contributed by atoms with van der Waals surface area (Å²) in [4.78, 5) is 35.5. The molecule has 8 heteroatoms. The van der Waals surface area contributed by atoms with Crippen LogP contribution >= 0.6 is 27.3 Å². The third-order valence-electron chi connectivity index (χ3n) is 3.83. The molecule has 1 amide bonds. The Balaban J connectivity index is 1.62. The van der Waals surface area contributed by atoms with Gasteiger partial charge >= 0.3 is 0 Å². The molecule has 3 rings (SSSR count). The highest BCUT2D eigenvalue weighted by molar-refractivity contribution is 9.10. The topological polar surface area (TPSA) is 87.7 Å². The smallest absolute Gasteiger partial charge is 0.254 e. The third-order valence-corrected chi connectivity index (χ3v) is 5.12. The lowest BCUT2D eigenvalue weighted by Crippen LogP contribution is -2.20. The lowest BCUT2D eigenvalue weighted by Gasteiger charge is -2.05. The number of hydrogen-bond donors (Lipinski definition) is 2. The van der Waals surface area contributed by atoms with E-state index in [-0.39, 0.29) is 17.9 Å². The van der Waals surface area contributed by atoms with Crippen LogP contribution in [0, 0.1) is 13.8 Å². The highest BCUT2D eigenvalue weighted by Gasteiger charge is 2.12.